The van der Waals surface area contributed by atoms with Gasteiger partial charge in [-0.1, -0.05) is 40.5 Å². The Morgan fingerprint density at radius 2 is 1.65 bits per heavy atom. The first-order chi connectivity index (χ1) is 9.81. The molecule has 4 heteroatoms. The molecule has 20 heavy (non-hydrogen) atoms. The van der Waals surface area contributed by atoms with Crippen molar-refractivity contribution >= 4 is 5.91 Å². The summed E-state index contributed by atoms with van der Waals surface area (Å²) in [7, 11) is 0. The number of nitrogens with one attached hydrogen (secondary N) is 1. The highest BCUT2D eigenvalue weighted by Crippen LogP contribution is 1.97. The monoisotopic (exact) mass is 294 g/mol. The number of rotatable bonds is 11. The van der Waals surface area contributed by atoms with Crippen LogP contribution in [0.3, 0.4) is 0 Å². The fraction of sp³-hybridized carbons (Fsp3) is 0.938. The van der Waals surface area contributed by atoms with Crippen LogP contribution in [0.1, 0.15) is 76.0 Å². The topological polar surface area (TPSA) is 64.3 Å². The fourth-order valence-corrected chi connectivity index (χ4v) is 1.42. The molecule has 1 amide bonds. The van der Waals surface area contributed by atoms with Crippen LogP contribution in [0.25, 0.3) is 0 Å². The van der Waals surface area contributed by atoms with E-state index >= 15 is 0 Å². The minimum absolute atomic E-state index is 0. The lowest BCUT2D eigenvalue weighted by atomic mass is 10.2. The molecule has 0 bridgehead atoms. The van der Waals surface area contributed by atoms with Crippen molar-refractivity contribution in [2.45, 2.75) is 73.1 Å². The number of hydrogen-bond donors (Lipinski definition) is 2. The lowest BCUT2D eigenvalue weighted by molar-refractivity contribution is -0.121. The van der Waals surface area contributed by atoms with Crippen LogP contribution in [0.2, 0.25) is 0 Å². The number of carbonyl (C=O) groups excluding carboxylic acids is 1. The third-order valence-electron chi connectivity index (χ3n) is 2.35. The molecular weight excluding hydrogens is 252 g/mol. The van der Waals surface area contributed by atoms with Crippen molar-refractivity contribution in [3.63, 3.8) is 0 Å². The molecule has 4 nitrogen and oxygen atoms in total. The zero-order chi connectivity index (χ0) is 16.1. The number of carbonyl (C=O) groups is 1. The van der Waals surface area contributed by atoms with Gasteiger partial charge in [0.1, 0.15) is 0 Å². The average molecular weight is 295 g/mol. The van der Waals surface area contributed by atoms with Crippen LogP contribution in [-0.2, 0) is 9.53 Å². The Morgan fingerprint density at radius 1 is 1.05 bits per heavy atom. The zero-order valence-electron chi connectivity index (χ0n) is 14.5. The summed E-state index contributed by atoms with van der Waals surface area (Å²) in [5.74, 6) is 0.138. The average Bonchev–Trinajstić information content (AvgIpc) is 2.51. The molecule has 0 aromatic carbocycles. The first-order valence-corrected chi connectivity index (χ1v) is 8.35. The van der Waals surface area contributed by atoms with Gasteiger partial charge in [0.2, 0.25) is 5.91 Å². The van der Waals surface area contributed by atoms with E-state index in [2.05, 4.69) is 5.32 Å². The van der Waals surface area contributed by atoms with E-state index in [1.807, 2.05) is 34.6 Å². The quantitative estimate of drug-likeness (QED) is 0.566. The molecule has 0 rings (SSSR count). The van der Waals surface area contributed by atoms with Crippen molar-refractivity contribution in [1.29, 1.82) is 0 Å². The van der Waals surface area contributed by atoms with Gasteiger partial charge in [0, 0.05) is 29.0 Å². The zero-order valence-corrected chi connectivity index (χ0v) is 14.5. The second kappa shape index (κ2) is 26.9. The van der Waals surface area contributed by atoms with Gasteiger partial charge in [0.15, 0.2) is 0 Å². The molecule has 128 valence electrons. The molecule has 0 saturated carbocycles. The number of unbranched alkanes of at least 4 members (excludes halogenated alkanes) is 3. The van der Waals surface area contributed by atoms with Gasteiger partial charge in [0.05, 0.1) is 0 Å². The smallest absolute Gasteiger partial charge is 0.220 e. The molecule has 0 atom stereocenters. The van der Waals surface area contributed by atoms with Crippen LogP contribution >= 0.6 is 0 Å². The molecular formula is C16H42N2O2. The normalized spacial score (nSPS) is 8.90. The van der Waals surface area contributed by atoms with Gasteiger partial charge in [-0.25, -0.2) is 0 Å². The largest absolute Gasteiger partial charge is 0.382 e. The van der Waals surface area contributed by atoms with Crippen molar-refractivity contribution in [2.24, 2.45) is 5.73 Å². The van der Waals surface area contributed by atoms with Crippen molar-refractivity contribution in [1.82, 2.24) is 5.32 Å². The molecule has 0 spiro atoms. The highest BCUT2D eigenvalue weighted by atomic mass is 16.5. The predicted octanol–water partition coefficient (Wildman–Crippen LogP) is 3.98. The van der Waals surface area contributed by atoms with Gasteiger partial charge in [-0.3, -0.25) is 4.79 Å². The number of amides is 1. The summed E-state index contributed by atoms with van der Waals surface area (Å²) in [6.07, 6.45) is 5.84. The minimum atomic E-state index is 0. The van der Waals surface area contributed by atoms with Crippen molar-refractivity contribution < 1.29 is 12.4 Å². The molecule has 0 aromatic rings. The van der Waals surface area contributed by atoms with E-state index in [0.29, 0.717) is 13.0 Å². The van der Waals surface area contributed by atoms with Crippen LogP contribution < -0.4 is 11.1 Å². The Hall–Kier alpha value is -0.610. The Morgan fingerprint density at radius 3 is 2.20 bits per heavy atom. The second-order valence-electron chi connectivity index (χ2n) is 3.85. The molecule has 0 aliphatic rings. The lowest BCUT2D eigenvalue weighted by Gasteiger charge is -2.05. The van der Waals surface area contributed by atoms with Gasteiger partial charge in [-0.05, 0) is 32.7 Å². The van der Waals surface area contributed by atoms with Crippen molar-refractivity contribution in [3.05, 3.63) is 0 Å². The van der Waals surface area contributed by atoms with E-state index in [-0.39, 0.29) is 8.76 Å². The van der Waals surface area contributed by atoms with Gasteiger partial charge in [-0.2, -0.15) is 0 Å². The fourth-order valence-electron chi connectivity index (χ4n) is 1.42. The van der Waals surface area contributed by atoms with E-state index in [9.17, 15) is 4.79 Å². The molecule has 0 aliphatic heterocycles. The van der Waals surface area contributed by atoms with Crippen LogP contribution in [0.15, 0.2) is 0 Å². The maximum atomic E-state index is 11.3. The van der Waals surface area contributed by atoms with Crippen molar-refractivity contribution in [3.8, 4) is 0 Å². The van der Waals surface area contributed by atoms with E-state index in [1.54, 1.807) is 0 Å². The highest BCUT2D eigenvalue weighted by Gasteiger charge is 1.99. The van der Waals surface area contributed by atoms with Gasteiger partial charge < -0.3 is 15.8 Å². The number of hydrogen-bond acceptors (Lipinski definition) is 3. The highest BCUT2D eigenvalue weighted by molar-refractivity contribution is 5.75. The van der Waals surface area contributed by atoms with E-state index < -0.39 is 0 Å². The van der Waals surface area contributed by atoms with Crippen molar-refractivity contribution in [2.75, 3.05) is 26.3 Å². The van der Waals surface area contributed by atoms with E-state index in [1.165, 1.54) is 0 Å². The predicted molar refractivity (Wildman–Crippen MR) is 93.2 cm³/mol. The second-order valence-corrected chi connectivity index (χ2v) is 3.85. The molecule has 3 N–H and O–H groups in total. The summed E-state index contributed by atoms with van der Waals surface area (Å²) in [6.45, 7) is 12.9. The Balaban J connectivity index is -0.000000147. The van der Waals surface area contributed by atoms with Crippen LogP contribution in [0.5, 0.6) is 0 Å². The third kappa shape index (κ3) is 26.1. The van der Waals surface area contributed by atoms with Crippen LogP contribution in [-0.4, -0.2) is 32.2 Å². The SMILES string of the molecule is CC.CC.CCOCCCC(=O)NCCCCCCN.[HH].[HH]. The van der Waals surface area contributed by atoms with E-state index in [0.717, 1.165) is 51.8 Å². The Kier molecular flexibility index (Phi) is 32.8. The standard InChI is InChI=1S/C12H26N2O2.2C2H6.2H2/c1-2-16-11-7-8-12(15)14-10-6-4-3-5-9-13;2*1-2;;/h2-11,13H2,1H3,(H,14,15);2*1-2H3;2*1H. The van der Waals surface area contributed by atoms with E-state index in [4.69, 9.17) is 10.5 Å². The first-order valence-electron chi connectivity index (χ1n) is 8.35. The van der Waals surface area contributed by atoms with Crippen LogP contribution in [0.4, 0.5) is 0 Å². The Bertz CT molecular complexity index is 174. The summed E-state index contributed by atoms with van der Waals surface area (Å²) >= 11 is 0. The molecule has 0 radical (unpaired) electrons. The molecule has 0 unspecified atom stereocenters. The molecule has 0 aliphatic carbocycles. The van der Waals surface area contributed by atoms with Gasteiger partial charge >= 0.3 is 0 Å². The molecule has 0 aromatic heterocycles. The first kappa shape index (κ1) is 24.4. The summed E-state index contributed by atoms with van der Waals surface area (Å²) in [5.41, 5.74) is 5.39. The van der Waals surface area contributed by atoms with Gasteiger partial charge in [0.25, 0.3) is 0 Å². The Labute approximate surface area is 129 Å². The number of nitrogens with two attached hydrogens (primary N) is 1. The summed E-state index contributed by atoms with van der Waals surface area (Å²) in [4.78, 5) is 11.3. The summed E-state index contributed by atoms with van der Waals surface area (Å²) in [5, 5.41) is 2.91. The minimum Gasteiger partial charge on any atom is -0.382 e. The van der Waals surface area contributed by atoms with Gasteiger partial charge in [-0.15, -0.1) is 0 Å². The molecule has 0 fully saturated rings. The lowest BCUT2D eigenvalue weighted by Crippen LogP contribution is -2.24. The maximum Gasteiger partial charge on any atom is 0.220 e. The molecule has 0 saturated heterocycles. The summed E-state index contributed by atoms with van der Waals surface area (Å²) in [6, 6.07) is 0. The van der Waals surface area contributed by atoms with Crippen LogP contribution in [0, 0.1) is 0 Å². The third-order valence-corrected chi connectivity index (χ3v) is 2.35. The molecule has 0 heterocycles. The summed E-state index contributed by atoms with van der Waals surface area (Å²) < 4.78 is 5.16. The number of ether oxygens (including phenoxy) is 1. The maximum absolute atomic E-state index is 11.3.